The van der Waals surface area contributed by atoms with Crippen LogP contribution in [0.2, 0.25) is 0 Å². The van der Waals surface area contributed by atoms with Crippen LogP contribution in [0.1, 0.15) is 29.7 Å². The van der Waals surface area contributed by atoms with Gasteiger partial charge in [-0.3, -0.25) is 0 Å². The van der Waals surface area contributed by atoms with Gasteiger partial charge in [-0.15, -0.1) is 43.5 Å². The Morgan fingerprint density at radius 2 is 1.18 bits per heavy atom. The molecule has 2 nitrogen and oxygen atoms in total. The summed E-state index contributed by atoms with van der Waals surface area (Å²) in [4.78, 5) is 0. The van der Waals surface area contributed by atoms with E-state index >= 15 is 0 Å². The van der Waals surface area contributed by atoms with Crippen LogP contribution in [0.15, 0.2) is 91.0 Å². The van der Waals surface area contributed by atoms with Crippen molar-refractivity contribution in [1.29, 1.82) is 0 Å². The monoisotopic (exact) mass is 505 g/mol. The van der Waals surface area contributed by atoms with E-state index in [1.54, 1.807) is 0 Å². The Hall–Kier alpha value is -1.22. The van der Waals surface area contributed by atoms with Crippen LogP contribution in [-0.2, 0) is 26.0 Å². The van der Waals surface area contributed by atoms with Crippen molar-refractivity contribution < 1.29 is 24.6 Å². The average molecular weight is 505 g/mol. The molecule has 0 bridgehead atoms. The first-order chi connectivity index (χ1) is 12.2. The van der Waals surface area contributed by atoms with Crippen molar-refractivity contribution in [3.63, 3.8) is 0 Å². The third-order valence-electron chi connectivity index (χ3n) is 3.91. The average Bonchev–Trinajstić information content (AvgIpc) is 2.68. The van der Waals surface area contributed by atoms with Crippen LogP contribution in [-0.4, -0.2) is 6.04 Å². The molecule has 0 aliphatic carbocycles. The maximum absolute atomic E-state index is 12.2. The van der Waals surface area contributed by atoms with Gasteiger partial charge >= 0.3 is 19.5 Å². The Kier molecular flexibility index (Phi) is 17.3. The number of aryl methyl sites for hydroxylation is 1. The van der Waals surface area contributed by atoms with Crippen molar-refractivity contribution in [1.82, 2.24) is 0 Å². The summed E-state index contributed by atoms with van der Waals surface area (Å²) in [6.45, 7) is 4.57. The minimum absolute atomic E-state index is 0. The van der Waals surface area contributed by atoms with Crippen molar-refractivity contribution in [2.24, 2.45) is 0 Å². The molecular weight excluding hydrogens is 478 g/mol. The van der Waals surface area contributed by atoms with Gasteiger partial charge in [0.15, 0.2) is 0 Å². The SMILES string of the molecule is C[C@@H]([N-]Cc1ccccc1)[C@@H]([O-])c1ccccc1.Cc1ccccc1.Cl.Cl.[Ru+2]. The standard InChI is InChI=1S/C16H17NO.C7H8.2ClH.Ru/c1-13(16(18)15-10-6-3-7-11-15)17-12-14-8-4-2-5-9-14;1-7-5-3-2-4-6-7;;;/h2-11,13,16H,12H2,1H3;2-6H,1H3;2*1H;/q-2;;;;+2/t13-,16-;;;;/m1..../s1. The Balaban J connectivity index is 0. The summed E-state index contributed by atoms with van der Waals surface area (Å²) >= 11 is 0. The molecule has 152 valence electrons. The maximum atomic E-state index is 12.2. The molecule has 0 amide bonds. The van der Waals surface area contributed by atoms with Gasteiger partial charge in [-0.25, -0.2) is 0 Å². The topological polar surface area (TPSA) is 37.2 Å². The van der Waals surface area contributed by atoms with E-state index in [2.05, 4.69) is 24.4 Å². The largest absolute Gasteiger partial charge is 2.00 e. The molecule has 0 radical (unpaired) electrons. The molecule has 0 unspecified atom stereocenters. The molecule has 0 spiro atoms. The first kappa shape index (κ1) is 29.0. The fourth-order valence-corrected chi connectivity index (χ4v) is 2.38. The molecule has 5 heteroatoms. The molecule has 0 heterocycles. The van der Waals surface area contributed by atoms with Crippen LogP contribution in [0.5, 0.6) is 0 Å². The normalized spacial score (nSPS) is 11.2. The number of hydrogen-bond donors (Lipinski definition) is 0. The van der Waals surface area contributed by atoms with E-state index in [1.165, 1.54) is 5.56 Å². The summed E-state index contributed by atoms with van der Waals surface area (Å²) in [6.07, 6.45) is -0.782. The Labute approximate surface area is 194 Å². The van der Waals surface area contributed by atoms with Crippen molar-refractivity contribution in [3.05, 3.63) is 113 Å². The van der Waals surface area contributed by atoms with Crippen LogP contribution < -0.4 is 5.11 Å². The minimum atomic E-state index is -0.782. The zero-order valence-electron chi connectivity index (χ0n) is 16.0. The Morgan fingerprint density at radius 3 is 1.61 bits per heavy atom. The Morgan fingerprint density at radius 1 is 0.750 bits per heavy atom. The van der Waals surface area contributed by atoms with Gasteiger partial charge < -0.3 is 10.4 Å². The van der Waals surface area contributed by atoms with E-state index in [1.807, 2.05) is 85.8 Å². The molecule has 0 saturated carbocycles. The summed E-state index contributed by atoms with van der Waals surface area (Å²) in [5.41, 5.74) is 3.27. The quantitative estimate of drug-likeness (QED) is 0.399. The molecule has 28 heavy (non-hydrogen) atoms. The van der Waals surface area contributed by atoms with Gasteiger partial charge in [-0.2, -0.15) is 0 Å². The smallest absolute Gasteiger partial charge is 0.850 e. The summed E-state index contributed by atoms with van der Waals surface area (Å²) in [7, 11) is 0. The molecule has 0 aliphatic rings. The van der Waals surface area contributed by atoms with Gasteiger partial charge in [-0.05, 0) is 6.92 Å². The van der Waals surface area contributed by atoms with E-state index in [4.69, 9.17) is 0 Å². The van der Waals surface area contributed by atoms with E-state index in [0.29, 0.717) is 6.54 Å². The maximum Gasteiger partial charge on any atom is 2.00 e. The summed E-state index contributed by atoms with van der Waals surface area (Å²) in [5, 5.41) is 16.6. The second kappa shape index (κ2) is 16.7. The number of rotatable bonds is 5. The predicted molar refractivity (Wildman–Crippen MR) is 118 cm³/mol. The molecule has 0 aromatic heterocycles. The van der Waals surface area contributed by atoms with Crippen LogP contribution in [0.3, 0.4) is 0 Å². The first-order valence-corrected chi connectivity index (χ1v) is 8.60. The molecule has 3 aromatic rings. The fraction of sp³-hybridized carbons (Fsp3) is 0.217. The van der Waals surface area contributed by atoms with E-state index in [0.717, 1.165) is 11.1 Å². The number of hydrogen-bond acceptors (Lipinski definition) is 1. The first-order valence-electron chi connectivity index (χ1n) is 8.60. The molecule has 0 saturated heterocycles. The molecule has 2 atom stereocenters. The van der Waals surface area contributed by atoms with Gasteiger partial charge in [0.25, 0.3) is 0 Å². The summed E-state index contributed by atoms with van der Waals surface area (Å²) in [6, 6.07) is 29.5. The molecular formula is C23H27Cl2NORu. The second-order valence-electron chi connectivity index (χ2n) is 6.05. The van der Waals surface area contributed by atoms with Crippen molar-refractivity contribution in [2.75, 3.05) is 0 Å². The zero-order valence-corrected chi connectivity index (χ0v) is 19.4. The molecule has 3 rings (SSSR count). The number of halogens is 2. The minimum Gasteiger partial charge on any atom is -0.850 e. The van der Waals surface area contributed by atoms with Crippen molar-refractivity contribution in [2.45, 2.75) is 32.5 Å². The zero-order chi connectivity index (χ0) is 17.9. The summed E-state index contributed by atoms with van der Waals surface area (Å²) in [5.74, 6) is 0. The van der Waals surface area contributed by atoms with E-state index in [9.17, 15) is 5.11 Å². The predicted octanol–water partition coefficient (Wildman–Crippen LogP) is 5.89. The van der Waals surface area contributed by atoms with Gasteiger partial charge in [-0.1, -0.05) is 115 Å². The molecule has 0 N–H and O–H groups in total. The van der Waals surface area contributed by atoms with Crippen LogP contribution >= 0.6 is 24.8 Å². The fourth-order valence-electron chi connectivity index (χ4n) is 2.38. The van der Waals surface area contributed by atoms with Crippen LogP contribution in [0, 0.1) is 6.92 Å². The third-order valence-corrected chi connectivity index (χ3v) is 3.91. The van der Waals surface area contributed by atoms with Gasteiger partial charge in [0.2, 0.25) is 0 Å². The second-order valence-corrected chi connectivity index (χ2v) is 6.05. The van der Waals surface area contributed by atoms with Crippen molar-refractivity contribution >= 4 is 24.8 Å². The molecule has 3 aromatic carbocycles. The van der Waals surface area contributed by atoms with Gasteiger partial charge in [0, 0.05) is 0 Å². The van der Waals surface area contributed by atoms with Crippen LogP contribution in [0.25, 0.3) is 5.32 Å². The van der Waals surface area contributed by atoms with Crippen LogP contribution in [0.4, 0.5) is 0 Å². The molecule has 0 aliphatic heterocycles. The molecule has 0 fully saturated rings. The Bertz CT molecular complexity index is 714. The third kappa shape index (κ3) is 10.9. The summed E-state index contributed by atoms with van der Waals surface area (Å²) < 4.78 is 0. The number of benzene rings is 3. The van der Waals surface area contributed by atoms with E-state index < -0.39 is 6.10 Å². The van der Waals surface area contributed by atoms with Gasteiger partial charge in [0.1, 0.15) is 0 Å². The van der Waals surface area contributed by atoms with Gasteiger partial charge in [0.05, 0.1) is 0 Å². The van der Waals surface area contributed by atoms with Crippen molar-refractivity contribution in [3.8, 4) is 0 Å². The number of nitrogens with zero attached hydrogens (tertiary/aromatic N) is 1. The van der Waals surface area contributed by atoms with E-state index in [-0.39, 0.29) is 50.3 Å².